The van der Waals surface area contributed by atoms with Gasteiger partial charge in [-0.15, -0.1) is 11.3 Å². The minimum atomic E-state index is -0.0577. The lowest BCUT2D eigenvalue weighted by Crippen LogP contribution is -2.49. The number of aryl methyl sites for hydroxylation is 1. The Labute approximate surface area is 244 Å². The Morgan fingerprint density at radius 3 is 2.65 bits per heavy atom. The number of rotatable bonds is 8. The van der Waals surface area contributed by atoms with Crippen molar-refractivity contribution in [2.45, 2.75) is 39.8 Å². The van der Waals surface area contributed by atoms with E-state index in [0.717, 1.165) is 71.0 Å². The van der Waals surface area contributed by atoms with E-state index >= 15 is 0 Å². The minimum absolute atomic E-state index is 0.0167. The van der Waals surface area contributed by atoms with Crippen LogP contribution in [0.2, 0.25) is 5.02 Å². The number of pyridine rings is 1. The van der Waals surface area contributed by atoms with Crippen LogP contribution in [0.15, 0.2) is 30.5 Å². The van der Waals surface area contributed by atoms with Gasteiger partial charge in [0, 0.05) is 53.9 Å². The van der Waals surface area contributed by atoms with Crippen LogP contribution in [0, 0.1) is 25.7 Å². The molecule has 40 heavy (non-hydrogen) atoms. The third kappa shape index (κ3) is 6.40. The zero-order chi connectivity index (χ0) is 28.4. The van der Waals surface area contributed by atoms with Crippen LogP contribution in [0.3, 0.4) is 0 Å². The lowest BCUT2D eigenvalue weighted by atomic mass is 9.97. The highest BCUT2D eigenvalue weighted by molar-refractivity contribution is 7.19. The summed E-state index contributed by atoms with van der Waals surface area (Å²) < 4.78 is 6.27. The summed E-state index contributed by atoms with van der Waals surface area (Å²) in [6.45, 7) is 12.3. The molecule has 2 N–H and O–H groups in total. The lowest BCUT2D eigenvalue weighted by molar-refractivity contribution is -0.141. The van der Waals surface area contributed by atoms with E-state index in [9.17, 15) is 9.59 Å². The molecule has 6 rings (SSSR count). The molecule has 0 spiro atoms. The molecular weight excluding hydrogens is 548 g/mol. The maximum atomic E-state index is 12.3. The Kier molecular flexibility index (Phi) is 9.19. The molecule has 0 radical (unpaired) electrons. The van der Waals surface area contributed by atoms with E-state index < -0.39 is 0 Å². The Morgan fingerprint density at radius 1 is 1.15 bits per heavy atom. The molecule has 3 atom stereocenters. The van der Waals surface area contributed by atoms with Crippen molar-refractivity contribution in [2.24, 2.45) is 11.8 Å². The number of nitrogens with one attached hydrogen (secondary N) is 1. The van der Waals surface area contributed by atoms with Crippen molar-refractivity contribution < 1.29 is 19.4 Å². The molecule has 1 saturated carbocycles. The summed E-state index contributed by atoms with van der Waals surface area (Å²) >= 11 is 7.89. The summed E-state index contributed by atoms with van der Waals surface area (Å²) in [5, 5.41) is 12.6. The first-order valence-corrected chi connectivity index (χ1v) is 15.1. The first kappa shape index (κ1) is 29.1. The molecule has 3 fully saturated rings. The average Bonchev–Trinajstić information content (AvgIpc) is 3.57. The smallest absolute Gasteiger partial charge is 0.233 e. The van der Waals surface area contributed by atoms with Gasteiger partial charge in [0.15, 0.2) is 0 Å². The van der Waals surface area contributed by atoms with Crippen LogP contribution in [-0.2, 0) is 20.9 Å². The Balaban J connectivity index is 0.000000210. The first-order valence-electron chi connectivity index (χ1n) is 13.9. The van der Waals surface area contributed by atoms with Gasteiger partial charge in [0.2, 0.25) is 11.8 Å². The number of nitrogens with zero attached hydrogens (tertiary/aromatic N) is 3. The molecule has 3 aliphatic rings. The Bertz CT molecular complexity index is 1380. The number of carbonyl (C=O) groups excluding carboxylic acids is 2. The molecule has 4 heterocycles. The van der Waals surface area contributed by atoms with E-state index in [1.165, 1.54) is 10.5 Å². The summed E-state index contributed by atoms with van der Waals surface area (Å²) in [6, 6.07) is 8.53. The number of imide groups is 1. The minimum Gasteiger partial charge on any atom is -0.394 e. The normalized spacial score (nSPS) is 22.4. The second-order valence-corrected chi connectivity index (χ2v) is 12.5. The van der Waals surface area contributed by atoms with E-state index in [1.54, 1.807) is 17.5 Å². The van der Waals surface area contributed by atoms with E-state index in [2.05, 4.69) is 36.0 Å². The lowest BCUT2D eigenvalue weighted by Gasteiger charge is -2.31. The van der Waals surface area contributed by atoms with Crippen molar-refractivity contribution >= 4 is 45.0 Å². The first-order chi connectivity index (χ1) is 19.3. The molecule has 0 bridgehead atoms. The molecule has 2 aromatic heterocycles. The number of carbonyl (C=O) groups is 2. The number of piperidine rings is 1. The number of hydrogen-bond acceptors (Lipinski definition) is 8. The fourth-order valence-corrected chi connectivity index (χ4v) is 6.91. The number of likely N-dealkylation sites (tertiary alicyclic amines) is 1. The number of benzene rings is 1. The fraction of sp³-hybridized carbons (Fsp3) is 0.500. The van der Waals surface area contributed by atoms with Gasteiger partial charge in [-0.3, -0.25) is 24.4 Å². The number of piperazine rings is 1. The van der Waals surface area contributed by atoms with E-state index in [4.69, 9.17) is 21.4 Å². The van der Waals surface area contributed by atoms with E-state index in [-0.39, 0.29) is 30.3 Å². The third-order valence-electron chi connectivity index (χ3n) is 7.90. The largest absolute Gasteiger partial charge is 0.394 e. The third-order valence-corrected chi connectivity index (χ3v) is 9.26. The predicted molar refractivity (Wildman–Crippen MR) is 159 cm³/mol. The molecule has 10 heteroatoms. The second kappa shape index (κ2) is 12.6. The molecule has 3 aromatic rings. The van der Waals surface area contributed by atoms with Crippen LogP contribution in [0.4, 0.5) is 0 Å². The molecule has 2 aliphatic heterocycles. The van der Waals surface area contributed by atoms with Crippen molar-refractivity contribution in [1.29, 1.82) is 0 Å². The summed E-state index contributed by atoms with van der Waals surface area (Å²) in [4.78, 5) is 33.8. The average molecular weight is 585 g/mol. The number of aliphatic hydroxyl groups excluding tert-OH is 1. The summed E-state index contributed by atoms with van der Waals surface area (Å²) in [7, 11) is 0. The zero-order valence-electron chi connectivity index (χ0n) is 23.3. The summed E-state index contributed by atoms with van der Waals surface area (Å²) in [6.07, 6.45) is 2.53. The second-order valence-electron chi connectivity index (χ2n) is 10.9. The van der Waals surface area contributed by atoms with Gasteiger partial charge in [0.05, 0.1) is 48.4 Å². The molecule has 1 aliphatic carbocycles. The highest BCUT2D eigenvalue weighted by atomic mass is 35.5. The summed E-state index contributed by atoms with van der Waals surface area (Å²) in [5.41, 5.74) is 5.39. The zero-order valence-corrected chi connectivity index (χ0v) is 24.9. The Hall–Kier alpha value is -2.40. The van der Waals surface area contributed by atoms with Crippen molar-refractivity contribution in [2.75, 3.05) is 46.0 Å². The van der Waals surface area contributed by atoms with Gasteiger partial charge in [0.1, 0.15) is 0 Å². The van der Waals surface area contributed by atoms with Crippen molar-refractivity contribution in [3.05, 3.63) is 51.5 Å². The number of amides is 2. The number of fused-ring (bicyclic) bond motifs is 2. The van der Waals surface area contributed by atoms with Gasteiger partial charge >= 0.3 is 0 Å². The number of aliphatic hydroxyl groups is 1. The molecule has 3 unspecified atom stereocenters. The Morgan fingerprint density at radius 2 is 1.93 bits per heavy atom. The quantitative estimate of drug-likeness (QED) is 0.305. The van der Waals surface area contributed by atoms with Crippen molar-refractivity contribution in [1.82, 2.24) is 20.1 Å². The molecule has 2 saturated heterocycles. The topological polar surface area (TPSA) is 95.0 Å². The highest BCUT2D eigenvalue weighted by Gasteiger charge is 2.58. The van der Waals surface area contributed by atoms with Gasteiger partial charge in [-0.1, -0.05) is 11.6 Å². The standard InChI is InChI=1S/C21H17ClN2O2S.C9H20N2O2/c1-10-5-12(22)6-15(11(10)2)14-3-4-23-18-7-13(27-19(14)18)9-24-20(25)16-8-17(16)21(24)26;1-9-8-11(3-2-10-9)4-6-13-7-5-12/h3-7,16-17H,8-9H2,1-2H3;9-10,12H,2-8H2,1H3. The molecule has 1 aromatic carbocycles. The van der Waals surface area contributed by atoms with E-state index in [0.29, 0.717) is 24.2 Å². The monoisotopic (exact) mass is 584 g/mol. The van der Waals surface area contributed by atoms with Gasteiger partial charge in [0.25, 0.3) is 0 Å². The number of aromatic nitrogens is 1. The highest BCUT2D eigenvalue weighted by Crippen LogP contribution is 2.48. The maximum Gasteiger partial charge on any atom is 0.233 e. The molecule has 214 valence electrons. The van der Waals surface area contributed by atoms with Gasteiger partial charge in [-0.25, -0.2) is 0 Å². The van der Waals surface area contributed by atoms with Gasteiger partial charge in [-0.2, -0.15) is 0 Å². The molecule has 2 amide bonds. The van der Waals surface area contributed by atoms with Crippen LogP contribution >= 0.6 is 22.9 Å². The van der Waals surface area contributed by atoms with E-state index in [1.807, 2.05) is 24.3 Å². The van der Waals surface area contributed by atoms with Crippen LogP contribution in [0.1, 0.15) is 29.3 Å². The van der Waals surface area contributed by atoms with Crippen LogP contribution < -0.4 is 5.32 Å². The molecule has 8 nitrogen and oxygen atoms in total. The van der Waals surface area contributed by atoms with Crippen LogP contribution in [0.25, 0.3) is 21.3 Å². The number of thiophene rings is 1. The molecular formula is C30H37ClN4O4S. The van der Waals surface area contributed by atoms with Crippen LogP contribution in [0.5, 0.6) is 0 Å². The SMILES string of the molecule is CC1CN(CCOCCO)CCN1.Cc1cc(Cl)cc(-c2ccnc3cc(CN4C(=O)C5CC5C4=O)sc23)c1C. The number of hydrogen-bond donors (Lipinski definition) is 2. The van der Waals surface area contributed by atoms with Gasteiger partial charge < -0.3 is 15.2 Å². The predicted octanol–water partition coefficient (Wildman–Crippen LogP) is 4.03. The van der Waals surface area contributed by atoms with Crippen LogP contribution in [-0.4, -0.2) is 83.7 Å². The van der Waals surface area contributed by atoms with Gasteiger partial charge in [-0.05, 0) is 68.1 Å². The van der Waals surface area contributed by atoms with Crippen molar-refractivity contribution in [3.8, 4) is 11.1 Å². The number of halogens is 1. The fourth-order valence-electron chi connectivity index (χ4n) is 5.51. The number of ether oxygens (including phenoxy) is 1. The maximum absolute atomic E-state index is 12.3. The van der Waals surface area contributed by atoms with Crippen molar-refractivity contribution in [3.63, 3.8) is 0 Å². The summed E-state index contributed by atoms with van der Waals surface area (Å²) in [5.74, 6) is -0.149.